The molecule has 0 unspecified atom stereocenters. The number of rotatable bonds is 4. The third-order valence-corrected chi connectivity index (χ3v) is 6.96. The van der Waals surface area contributed by atoms with E-state index in [4.69, 9.17) is 16.3 Å². The van der Waals surface area contributed by atoms with Gasteiger partial charge in [0.05, 0.1) is 22.1 Å². The van der Waals surface area contributed by atoms with Gasteiger partial charge in [-0.2, -0.15) is 0 Å². The molecule has 1 saturated heterocycles. The fourth-order valence-electron chi connectivity index (χ4n) is 4.26. The van der Waals surface area contributed by atoms with E-state index in [9.17, 15) is 4.79 Å². The van der Waals surface area contributed by atoms with Crippen LogP contribution >= 0.6 is 22.9 Å². The molecule has 3 atom stereocenters. The highest BCUT2D eigenvalue weighted by Crippen LogP contribution is 2.41. The number of carbonyl (C=O) groups excluding carboxylic acids is 1. The van der Waals surface area contributed by atoms with Gasteiger partial charge in [0.15, 0.2) is 0 Å². The Bertz CT molecular complexity index is 822. The quantitative estimate of drug-likeness (QED) is 0.782. The van der Waals surface area contributed by atoms with Gasteiger partial charge in [0, 0.05) is 23.9 Å². The number of likely N-dealkylation sites (tertiary alicyclic amines) is 1. The molecule has 0 radical (unpaired) electrons. The fourth-order valence-corrected chi connectivity index (χ4v) is 5.36. The third-order valence-electron chi connectivity index (χ3n) is 5.57. The average Bonchev–Trinajstić information content (AvgIpc) is 3.26. The maximum absolute atomic E-state index is 12.8. The summed E-state index contributed by atoms with van der Waals surface area (Å²) in [4.78, 5) is 20.3. The average molecular weight is 391 g/mol. The molecule has 1 amide bonds. The van der Waals surface area contributed by atoms with E-state index < -0.39 is 0 Å². The van der Waals surface area contributed by atoms with Gasteiger partial charge < -0.3 is 9.64 Å². The zero-order valence-corrected chi connectivity index (χ0v) is 16.6. The maximum atomic E-state index is 12.8. The van der Waals surface area contributed by atoms with Gasteiger partial charge in [-0.05, 0) is 44.7 Å². The largest absolute Gasteiger partial charge is 0.489 e. The molecule has 0 bridgehead atoms. The number of aromatic nitrogens is 1. The highest BCUT2D eigenvalue weighted by Gasteiger charge is 2.45. The number of benzene rings is 1. The molecule has 2 heterocycles. The van der Waals surface area contributed by atoms with Crippen LogP contribution in [0.25, 0.3) is 0 Å². The van der Waals surface area contributed by atoms with Crippen molar-refractivity contribution < 1.29 is 9.53 Å². The molecule has 0 N–H and O–H groups in total. The molecule has 26 heavy (non-hydrogen) atoms. The summed E-state index contributed by atoms with van der Waals surface area (Å²) in [5.41, 5.74) is 0.986. The Morgan fingerprint density at radius 2 is 2.12 bits per heavy atom. The van der Waals surface area contributed by atoms with E-state index in [1.165, 1.54) is 0 Å². The Balaban J connectivity index is 1.40. The smallest absolute Gasteiger partial charge is 0.227 e. The number of hydrogen-bond acceptors (Lipinski definition) is 4. The monoisotopic (exact) mass is 390 g/mol. The molecule has 4 rings (SSSR count). The fraction of sp³-hybridized carbons (Fsp3) is 0.500. The number of halogens is 1. The Morgan fingerprint density at radius 1 is 1.31 bits per heavy atom. The molecule has 1 aliphatic heterocycles. The van der Waals surface area contributed by atoms with Crippen LogP contribution in [0.15, 0.2) is 24.3 Å². The summed E-state index contributed by atoms with van der Waals surface area (Å²) in [5, 5.41) is 1.68. The predicted octanol–water partition coefficient (Wildman–Crippen LogP) is 4.27. The molecule has 2 fully saturated rings. The van der Waals surface area contributed by atoms with Crippen molar-refractivity contribution in [3.63, 3.8) is 0 Å². The Kier molecular flexibility index (Phi) is 4.93. The van der Waals surface area contributed by atoms with Crippen LogP contribution in [0.3, 0.4) is 0 Å². The van der Waals surface area contributed by atoms with Gasteiger partial charge in [-0.1, -0.05) is 23.7 Å². The number of para-hydroxylation sites is 1. The normalized spacial score (nSPS) is 24.7. The summed E-state index contributed by atoms with van der Waals surface area (Å²) in [6, 6.07) is 7.62. The number of hydrogen-bond donors (Lipinski definition) is 0. The minimum absolute atomic E-state index is 0.144. The van der Waals surface area contributed by atoms with Gasteiger partial charge in [0.1, 0.15) is 11.9 Å². The Labute approximate surface area is 163 Å². The van der Waals surface area contributed by atoms with Crippen molar-refractivity contribution >= 4 is 28.8 Å². The lowest BCUT2D eigenvalue weighted by Gasteiger charge is -2.22. The van der Waals surface area contributed by atoms with Crippen LogP contribution in [0.2, 0.25) is 5.02 Å². The van der Waals surface area contributed by atoms with Crippen LogP contribution in [0.5, 0.6) is 5.75 Å². The molecular formula is C20H23ClN2O2S. The van der Waals surface area contributed by atoms with Crippen LogP contribution in [0, 0.1) is 25.7 Å². The first-order valence-electron chi connectivity index (χ1n) is 9.13. The summed E-state index contributed by atoms with van der Waals surface area (Å²) < 4.78 is 6.21. The zero-order chi connectivity index (χ0) is 18.3. The van der Waals surface area contributed by atoms with E-state index >= 15 is 0 Å². The van der Waals surface area contributed by atoms with Gasteiger partial charge in [-0.15, -0.1) is 11.3 Å². The van der Waals surface area contributed by atoms with Crippen molar-refractivity contribution in [1.82, 2.24) is 9.88 Å². The highest BCUT2D eigenvalue weighted by molar-refractivity contribution is 7.11. The molecule has 2 aromatic rings. The topological polar surface area (TPSA) is 42.4 Å². The van der Waals surface area contributed by atoms with Crippen LogP contribution in [-0.2, 0) is 11.2 Å². The number of aryl methyl sites for hydroxylation is 2. The standard InChI is InChI=1S/C20H23ClN2O2S/c1-12-19(26-13(2)22-12)9-20(24)23-10-14-7-8-17(15(14)11-23)25-18-6-4-3-5-16(18)21/h3-6,14-15,17H,7-11H2,1-2H3/t14-,15+,17-/m0/s1. The van der Waals surface area contributed by atoms with Crippen molar-refractivity contribution in [2.45, 2.75) is 39.2 Å². The van der Waals surface area contributed by atoms with Gasteiger partial charge in [-0.25, -0.2) is 4.98 Å². The zero-order valence-electron chi connectivity index (χ0n) is 15.1. The van der Waals surface area contributed by atoms with Crippen LogP contribution < -0.4 is 4.74 Å². The van der Waals surface area contributed by atoms with Crippen molar-refractivity contribution in [3.05, 3.63) is 44.9 Å². The van der Waals surface area contributed by atoms with Gasteiger partial charge in [0.25, 0.3) is 0 Å². The van der Waals surface area contributed by atoms with Crippen molar-refractivity contribution in [2.24, 2.45) is 11.8 Å². The minimum Gasteiger partial charge on any atom is -0.489 e. The molecule has 1 aromatic carbocycles. The number of fused-ring (bicyclic) bond motifs is 1. The summed E-state index contributed by atoms with van der Waals surface area (Å²) >= 11 is 7.87. The van der Waals surface area contributed by atoms with Gasteiger partial charge >= 0.3 is 0 Å². The summed E-state index contributed by atoms with van der Waals surface area (Å²) in [7, 11) is 0. The predicted molar refractivity (Wildman–Crippen MR) is 104 cm³/mol. The second kappa shape index (κ2) is 7.20. The molecule has 4 nitrogen and oxygen atoms in total. The van der Waals surface area contributed by atoms with E-state index in [1.54, 1.807) is 11.3 Å². The van der Waals surface area contributed by atoms with Crippen LogP contribution in [0.1, 0.15) is 28.4 Å². The first kappa shape index (κ1) is 17.8. The first-order valence-corrected chi connectivity index (χ1v) is 10.3. The van der Waals surface area contributed by atoms with Gasteiger partial charge in [-0.3, -0.25) is 4.79 Å². The number of nitrogens with zero attached hydrogens (tertiary/aromatic N) is 2. The van der Waals surface area contributed by atoms with E-state index in [0.29, 0.717) is 23.3 Å². The molecule has 1 aliphatic carbocycles. The molecule has 6 heteroatoms. The first-order chi connectivity index (χ1) is 12.5. The lowest BCUT2D eigenvalue weighted by molar-refractivity contribution is -0.129. The third kappa shape index (κ3) is 3.47. The van der Waals surface area contributed by atoms with Gasteiger partial charge in [0.2, 0.25) is 5.91 Å². The molecule has 2 aliphatic rings. The van der Waals surface area contributed by atoms with E-state index in [2.05, 4.69) is 4.98 Å². The molecular weight excluding hydrogens is 368 g/mol. The second-order valence-corrected chi connectivity index (χ2v) is 9.00. The van der Waals surface area contributed by atoms with Crippen LogP contribution in [0.4, 0.5) is 0 Å². The summed E-state index contributed by atoms with van der Waals surface area (Å²) in [6.07, 6.45) is 2.76. The number of ether oxygens (including phenoxy) is 1. The highest BCUT2D eigenvalue weighted by atomic mass is 35.5. The maximum Gasteiger partial charge on any atom is 0.227 e. The molecule has 0 spiro atoms. The minimum atomic E-state index is 0.144. The van der Waals surface area contributed by atoms with Crippen molar-refractivity contribution in [1.29, 1.82) is 0 Å². The number of amides is 1. The number of thiazole rings is 1. The molecule has 138 valence electrons. The summed E-state index contributed by atoms with van der Waals surface area (Å²) in [5.74, 6) is 1.90. The van der Waals surface area contributed by atoms with Crippen molar-refractivity contribution in [2.75, 3.05) is 13.1 Å². The van der Waals surface area contributed by atoms with Crippen molar-refractivity contribution in [3.8, 4) is 5.75 Å². The van der Waals surface area contributed by atoms with E-state index in [-0.39, 0.29) is 12.0 Å². The lowest BCUT2D eigenvalue weighted by Crippen LogP contribution is -2.33. The SMILES string of the molecule is Cc1nc(C)c(CC(=O)N2C[C@@H]3CC[C@H](Oc4ccccc4Cl)[C@@H]3C2)s1. The Hall–Kier alpha value is -1.59. The second-order valence-electron chi connectivity index (χ2n) is 7.30. The number of carbonyl (C=O) groups is 1. The van der Waals surface area contributed by atoms with Crippen LogP contribution in [-0.4, -0.2) is 35.0 Å². The summed E-state index contributed by atoms with van der Waals surface area (Å²) in [6.45, 7) is 5.61. The van der Waals surface area contributed by atoms with E-state index in [0.717, 1.165) is 47.3 Å². The molecule has 1 saturated carbocycles. The van der Waals surface area contributed by atoms with E-state index in [1.807, 2.05) is 43.0 Å². The lowest BCUT2D eigenvalue weighted by atomic mass is 9.99. The molecule has 1 aromatic heterocycles. The Morgan fingerprint density at radius 3 is 2.85 bits per heavy atom.